The number of nitrogens with zero attached hydrogens (tertiary/aromatic N) is 3. The van der Waals surface area contributed by atoms with Crippen LogP contribution in [0.1, 0.15) is 57.5 Å². The first-order chi connectivity index (χ1) is 15.4. The molecule has 0 bridgehead atoms. The number of halogens is 6. The number of carbonyl (C=O) groups excluding carboxylic acids is 2. The van der Waals surface area contributed by atoms with E-state index < -0.39 is 42.3 Å². The van der Waals surface area contributed by atoms with E-state index in [0.717, 1.165) is 22.1 Å². The molecule has 0 unspecified atom stereocenters. The van der Waals surface area contributed by atoms with Gasteiger partial charge in [0.05, 0.1) is 15.9 Å². The Morgan fingerprint density at radius 1 is 1.36 bits per heavy atom. The van der Waals surface area contributed by atoms with Gasteiger partial charge in [-0.2, -0.15) is 18.3 Å². The van der Waals surface area contributed by atoms with Gasteiger partial charge in [-0.15, -0.1) is 11.3 Å². The Hall–Kier alpha value is -2.61. The van der Waals surface area contributed by atoms with Crippen molar-refractivity contribution in [3.8, 4) is 0 Å². The third-order valence-electron chi connectivity index (χ3n) is 5.05. The molecule has 0 aliphatic heterocycles. The largest absolute Gasteiger partial charge is 0.436 e. The van der Waals surface area contributed by atoms with Gasteiger partial charge in [-0.05, 0) is 47.3 Å². The average Bonchev–Trinajstić information content (AvgIpc) is 3.37. The number of thiophene rings is 1. The Morgan fingerprint density at radius 2 is 2.03 bits per heavy atom. The van der Waals surface area contributed by atoms with Crippen molar-refractivity contribution in [2.45, 2.75) is 44.8 Å². The first-order valence-electron chi connectivity index (χ1n) is 9.53. The molecule has 3 heterocycles. The van der Waals surface area contributed by atoms with E-state index in [0.29, 0.717) is 18.4 Å². The van der Waals surface area contributed by atoms with Crippen molar-refractivity contribution >= 4 is 55.0 Å². The van der Waals surface area contributed by atoms with Gasteiger partial charge in [0.15, 0.2) is 5.69 Å². The molecule has 3 aromatic rings. The number of fused-ring (bicyclic) bond motifs is 1. The quantitative estimate of drug-likeness (QED) is 0.414. The zero-order chi connectivity index (χ0) is 24.2. The van der Waals surface area contributed by atoms with Crippen LogP contribution in [-0.2, 0) is 17.5 Å². The summed E-state index contributed by atoms with van der Waals surface area (Å²) in [6.45, 7) is 0.951. The summed E-state index contributed by atoms with van der Waals surface area (Å²) in [5.41, 5.74) is 4.34. The number of aromatic nitrogens is 3. The van der Waals surface area contributed by atoms with Gasteiger partial charge in [-0.25, -0.2) is 13.8 Å². The third kappa shape index (κ3) is 4.45. The van der Waals surface area contributed by atoms with Crippen molar-refractivity contribution < 1.29 is 31.5 Å². The lowest BCUT2D eigenvalue weighted by atomic mass is 10.1. The fraction of sp³-hybridized carbons (Fsp3) is 0.368. The summed E-state index contributed by atoms with van der Waals surface area (Å²) in [7, 11) is 0. The van der Waals surface area contributed by atoms with Gasteiger partial charge < -0.3 is 11.1 Å². The monoisotopic (exact) mass is 551 g/mol. The summed E-state index contributed by atoms with van der Waals surface area (Å²) >= 11 is 3.70. The predicted octanol–water partition coefficient (Wildman–Crippen LogP) is 5.14. The molecule has 14 heteroatoms. The molecule has 3 N–H and O–H groups in total. The lowest BCUT2D eigenvalue weighted by Gasteiger charge is -2.10. The normalized spacial score (nSPS) is 14.3. The molecule has 33 heavy (non-hydrogen) atoms. The SMILES string of the molecule is Cc1cc(C(F)F)nc2sc(C(N)=O)c(NC(=O)Cn3nc(C(F)(F)F)c(Br)c3C3CC3)c12. The van der Waals surface area contributed by atoms with Gasteiger partial charge in [0, 0.05) is 11.3 Å². The number of rotatable bonds is 6. The molecule has 176 valence electrons. The number of aryl methyl sites for hydroxylation is 1. The van der Waals surface area contributed by atoms with E-state index in [1.807, 2.05) is 0 Å². The van der Waals surface area contributed by atoms with Crippen LogP contribution < -0.4 is 11.1 Å². The molecular formula is C19H15BrF5N5O2S. The molecule has 3 aromatic heterocycles. The molecule has 1 saturated carbocycles. The second-order valence-corrected chi connectivity index (χ2v) is 9.33. The maximum atomic E-state index is 13.3. The number of alkyl halides is 5. The van der Waals surface area contributed by atoms with Crippen LogP contribution in [0.25, 0.3) is 10.2 Å². The van der Waals surface area contributed by atoms with Crippen molar-refractivity contribution in [1.29, 1.82) is 0 Å². The number of hydrogen-bond donors (Lipinski definition) is 2. The van der Waals surface area contributed by atoms with Crippen LogP contribution >= 0.6 is 27.3 Å². The minimum atomic E-state index is -4.71. The highest BCUT2D eigenvalue weighted by molar-refractivity contribution is 9.10. The van der Waals surface area contributed by atoms with Crippen molar-refractivity contribution in [2.24, 2.45) is 5.73 Å². The molecule has 0 aromatic carbocycles. The predicted molar refractivity (Wildman–Crippen MR) is 113 cm³/mol. The number of nitrogens with two attached hydrogens (primary N) is 1. The Morgan fingerprint density at radius 3 is 2.58 bits per heavy atom. The third-order valence-corrected chi connectivity index (χ3v) is 6.93. The smallest absolute Gasteiger partial charge is 0.365 e. The van der Waals surface area contributed by atoms with Gasteiger partial charge in [0.2, 0.25) is 5.91 Å². The molecule has 2 amide bonds. The standard InChI is InChI=1S/C19H15BrF5N5O2S/c1-6-4-8(16(21)22)27-18-10(6)12(14(33-18)17(26)32)28-9(31)5-30-13(7-2-3-7)11(20)15(29-30)19(23,24)25/h4,7,16H,2-3,5H2,1H3,(H2,26,32)(H,28,31). The van der Waals surface area contributed by atoms with Crippen LogP contribution in [0.5, 0.6) is 0 Å². The van der Waals surface area contributed by atoms with Crippen LogP contribution in [0, 0.1) is 6.92 Å². The molecule has 0 atom stereocenters. The van der Waals surface area contributed by atoms with Crippen molar-refractivity contribution in [3.63, 3.8) is 0 Å². The summed E-state index contributed by atoms with van der Waals surface area (Å²) in [4.78, 5) is 28.5. The minimum Gasteiger partial charge on any atom is -0.365 e. The van der Waals surface area contributed by atoms with Gasteiger partial charge in [-0.1, -0.05) is 0 Å². The van der Waals surface area contributed by atoms with Gasteiger partial charge in [0.25, 0.3) is 12.3 Å². The first kappa shape index (κ1) is 23.5. The van der Waals surface area contributed by atoms with Crippen molar-refractivity contribution in [3.05, 3.63) is 38.1 Å². The highest BCUT2D eigenvalue weighted by Crippen LogP contribution is 2.47. The lowest BCUT2D eigenvalue weighted by Crippen LogP contribution is -2.23. The van der Waals surface area contributed by atoms with E-state index >= 15 is 0 Å². The molecule has 0 radical (unpaired) electrons. The topological polar surface area (TPSA) is 103 Å². The molecule has 0 spiro atoms. The van der Waals surface area contributed by atoms with Crippen LogP contribution in [0.3, 0.4) is 0 Å². The fourth-order valence-electron chi connectivity index (χ4n) is 3.53. The molecule has 1 aliphatic carbocycles. The first-order valence-corrected chi connectivity index (χ1v) is 11.1. The highest BCUT2D eigenvalue weighted by Gasteiger charge is 2.42. The second-order valence-electron chi connectivity index (χ2n) is 7.54. The Balaban J connectivity index is 1.71. The summed E-state index contributed by atoms with van der Waals surface area (Å²) in [5, 5.41) is 6.33. The average molecular weight is 552 g/mol. The van der Waals surface area contributed by atoms with Gasteiger partial charge in [0.1, 0.15) is 21.9 Å². The number of amides is 2. The molecule has 1 aliphatic rings. The molecule has 7 nitrogen and oxygen atoms in total. The zero-order valence-electron chi connectivity index (χ0n) is 16.8. The highest BCUT2D eigenvalue weighted by atomic mass is 79.9. The van der Waals surface area contributed by atoms with Crippen LogP contribution in [0.15, 0.2) is 10.5 Å². The Labute approximate surface area is 195 Å². The maximum absolute atomic E-state index is 13.3. The lowest BCUT2D eigenvalue weighted by molar-refractivity contribution is -0.142. The van der Waals surface area contributed by atoms with Gasteiger partial charge >= 0.3 is 6.18 Å². The van der Waals surface area contributed by atoms with Gasteiger partial charge in [-0.3, -0.25) is 14.3 Å². The number of pyridine rings is 1. The number of nitrogens with one attached hydrogen (secondary N) is 1. The summed E-state index contributed by atoms with van der Waals surface area (Å²) < 4.78 is 66.9. The van der Waals surface area contributed by atoms with E-state index in [-0.39, 0.29) is 36.9 Å². The zero-order valence-corrected chi connectivity index (χ0v) is 19.2. The number of primary amides is 1. The minimum absolute atomic E-state index is 0.0199. The maximum Gasteiger partial charge on any atom is 0.436 e. The van der Waals surface area contributed by atoms with Crippen LogP contribution in [-0.4, -0.2) is 26.6 Å². The van der Waals surface area contributed by atoms with Crippen molar-refractivity contribution in [1.82, 2.24) is 14.8 Å². The summed E-state index contributed by atoms with van der Waals surface area (Å²) in [5.74, 6) is -1.83. The molecule has 4 rings (SSSR count). The molecule has 1 fully saturated rings. The number of hydrogen-bond acceptors (Lipinski definition) is 5. The molecular weight excluding hydrogens is 537 g/mol. The van der Waals surface area contributed by atoms with Crippen LogP contribution in [0.4, 0.5) is 27.6 Å². The number of anilines is 1. The number of carbonyl (C=O) groups is 2. The van der Waals surface area contributed by atoms with E-state index in [1.54, 1.807) is 0 Å². The van der Waals surface area contributed by atoms with E-state index in [2.05, 4.69) is 31.3 Å². The summed E-state index contributed by atoms with van der Waals surface area (Å²) in [6.07, 6.45) is -6.21. The van der Waals surface area contributed by atoms with E-state index in [4.69, 9.17) is 5.73 Å². The Kier molecular flexibility index (Phi) is 5.93. The second kappa shape index (κ2) is 8.31. The molecule has 0 saturated heterocycles. The fourth-order valence-corrected chi connectivity index (χ4v) is 5.43. The van der Waals surface area contributed by atoms with E-state index in [9.17, 15) is 31.5 Å². The Bertz CT molecular complexity index is 1280. The van der Waals surface area contributed by atoms with Crippen molar-refractivity contribution in [2.75, 3.05) is 5.32 Å². The van der Waals surface area contributed by atoms with E-state index in [1.165, 1.54) is 6.92 Å². The summed E-state index contributed by atoms with van der Waals surface area (Å²) in [6, 6.07) is 1.13. The van der Waals surface area contributed by atoms with Crippen LogP contribution in [0.2, 0.25) is 0 Å².